The van der Waals surface area contributed by atoms with Gasteiger partial charge in [-0.25, -0.2) is 4.68 Å². The van der Waals surface area contributed by atoms with Crippen LogP contribution in [0.3, 0.4) is 0 Å². The van der Waals surface area contributed by atoms with Crippen LogP contribution in [-0.4, -0.2) is 26.3 Å². The predicted molar refractivity (Wildman–Crippen MR) is 93.6 cm³/mol. The molecule has 0 aliphatic rings. The Balaban J connectivity index is 1.90. The first-order valence-corrected chi connectivity index (χ1v) is 9.11. The van der Waals surface area contributed by atoms with Gasteiger partial charge in [0.2, 0.25) is 5.60 Å². The van der Waals surface area contributed by atoms with Gasteiger partial charge in [-0.3, -0.25) is 0 Å². The minimum atomic E-state index is -4.83. The monoisotopic (exact) mass is 444 g/mol. The third-order valence-electron chi connectivity index (χ3n) is 4.08. The lowest BCUT2D eigenvalue weighted by Gasteiger charge is -2.26. The number of hydrogen-bond acceptors (Lipinski definition) is 5. The predicted octanol–water partition coefficient (Wildman–Crippen LogP) is 4.34. The van der Waals surface area contributed by atoms with Crippen LogP contribution in [0.5, 0.6) is 0 Å². The van der Waals surface area contributed by atoms with Gasteiger partial charge < -0.3 is 5.11 Å². The van der Waals surface area contributed by atoms with Crippen LogP contribution >= 0.6 is 27.3 Å². The van der Waals surface area contributed by atoms with Crippen molar-refractivity contribution in [2.45, 2.75) is 31.7 Å². The van der Waals surface area contributed by atoms with Crippen LogP contribution in [0.2, 0.25) is 0 Å². The van der Waals surface area contributed by atoms with E-state index in [1.807, 2.05) is 12.1 Å². The number of benzene rings is 1. The molecule has 0 radical (unpaired) electrons. The summed E-state index contributed by atoms with van der Waals surface area (Å²) in [6.07, 6.45) is -4.29. The molecular formula is C16H12BrF3N4OS. The summed E-state index contributed by atoms with van der Waals surface area (Å²) in [5.41, 5.74) is -2.76. The highest BCUT2D eigenvalue weighted by Crippen LogP contribution is 2.40. The van der Waals surface area contributed by atoms with Gasteiger partial charge in [0.15, 0.2) is 0 Å². The van der Waals surface area contributed by atoms with Crippen LogP contribution in [0.4, 0.5) is 13.2 Å². The van der Waals surface area contributed by atoms with Crippen LogP contribution in [0.1, 0.15) is 29.5 Å². The van der Waals surface area contributed by atoms with E-state index in [1.54, 1.807) is 6.07 Å². The van der Waals surface area contributed by atoms with Gasteiger partial charge in [0, 0.05) is 10.1 Å². The second-order valence-corrected chi connectivity index (χ2v) is 7.55. The molecule has 10 heteroatoms. The van der Waals surface area contributed by atoms with Crippen molar-refractivity contribution in [3.05, 3.63) is 45.0 Å². The first-order chi connectivity index (χ1) is 12.2. The number of aliphatic hydroxyl groups is 1. The summed E-state index contributed by atoms with van der Waals surface area (Å²) < 4.78 is 42.2. The molecule has 2 heterocycles. The molecule has 26 heavy (non-hydrogen) atoms. The second-order valence-electron chi connectivity index (χ2n) is 5.70. The molecule has 3 rings (SSSR count). The van der Waals surface area contributed by atoms with Gasteiger partial charge >= 0.3 is 6.18 Å². The Morgan fingerprint density at radius 2 is 2.12 bits per heavy atom. The van der Waals surface area contributed by atoms with Crippen LogP contribution in [-0.2, 0) is 12.1 Å². The summed E-state index contributed by atoms with van der Waals surface area (Å²) in [7, 11) is 0. The highest BCUT2D eigenvalue weighted by atomic mass is 79.9. The number of rotatable bonds is 4. The number of thiophene rings is 1. The molecule has 0 saturated carbocycles. The zero-order valence-electron chi connectivity index (χ0n) is 13.4. The van der Waals surface area contributed by atoms with Crippen molar-refractivity contribution >= 4 is 37.4 Å². The number of nitrogens with zero attached hydrogens (tertiary/aromatic N) is 4. The molecule has 0 amide bonds. The van der Waals surface area contributed by atoms with Gasteiger partial charge in [0.25, 0.3) is 0 Å². The van der Waals surface area contributed by atoms with Gasteiger partial charge in [-0.2, -0.15) is 18.4 Å². The summed E-state index contributed by atoms with van der Waals surface area (Å²) in [5.74, 6) is 0. The zero-order chi connectivity index (χ0) is 19.1. The standard InChI is InChI=1S/C16H12BrF3N4OS/c1-2-15(25,16(18,19)20)13-8-24(23-22-13)7-9-3-4-10-11(5-9)26-12(6-21)14(10)17/h3-5,8,25H,2,7H2,1H3. The number of fused-ring (bicyclic) bond motifs is 1. The highest BCUT2D eigenvalue weighted by molar-refractivity contribution is 9.10. The molecule has 1 N–H and O–H groups in total. The normalized spacial score (nSPS) is 14.3. The Labute approximate surface area is 158 Å². The Hall–Kier alpha value is -1.96. The van der Waals surface area contributed by atoms with E-state index in [0.717, 1.165) is 26.3 Å². The van der Waals surface area contributed by atoms with Crippen molar-refractivity contribution in [3.8, 4) is 6.07 Å². The maximum absolute atomic E-state index is 13.1. The molecule has 3 aromatic rings. The maximum atomic E-state index is 13.1. The van der Waals surface area contributed by atoms with Gasteiger partial charge in [-0.1, -0.05) is 24.3 Å². The summed E-state index contributed by atoms with van der Waals surface area (Å²) in [4.78, 5) is 0.554. The molecule has 0 fully saturated rings. The molecule has 136 valence electrons. The molecule has 5 nitrogen and oxygen atoms in total. The fourth-order valence-corrected chi connectivity index (χ4v) is 4.32. The number of hydrogen-bond donors (Lipinski definition) is 1. The van der Waals surface area contributed by atoms with Crippen LogP contribution in [0.15, 0.2) is 28.9 Å². The molecular weight excluding hydrogens is 433 g/mol. The van der Waals surface area contributed by atoms with Crippen molar-refractivity contribution in [1.82, 2.24) is 15.0 Å². The molecule has 1 aromatic carbocycles. The lowest BCUT2D eigenvalue weighted by Crippen LogP contribution is -2.42. The molecule has 0 aliphatic heterocycles. The number of halogens is 4. The van der Waals surface area contributed by atoms with E-state index in [-0.39, 0.29) is 6.54 Å². The van der Waals surface area contributed by atoms with Crippen molar-refractivity contribution in [2.24, 2.45) is 0 Å². The zero-order valence-corrected chi connectivity index (χ0v) is 15.8. The topological polar surface area (TPSA) is 74.7 Å². The first-order valence-electron chi connectivity index (χ1n) is 7.50. The van der Waals surface area contributed by atoms with E-state index < -0.39 is 23.9 Å². The molecule has 0 aliphatic carbocycles. The summed E-state index contributed by atoms with van der Waals surface area (Å²) >= 11 is 4.70. The number of alkyl halides is 3. The Kier molecular flexibility index (Phi) is 4.81. The van der Waals surface area contributed by atoms with Crippen LogP contribution in [0, 0.1) is 11.3 Å². The van der Waals surface area contributed by atoms with Crippen molar-refractivity contribution in [3.63, 3.8) is 0 Å². The van der Waals surface area contributed by atoms with Crippen molar-refractivity contribution in [2.75, 3.05) is 0 Å². The Bertz CT molecular complexity index is 1010. The minimum Gasteiger partial charge on any atom is -0.375 e. The Morgan fingerprint density at radius 1 is 1.38 bits per heavy atom. The maximum Gasteiger partial charge on any atom is 0.423 e. The van der Waals surface area contributed by atoms with Gasteiger partial charge in [0.1, 0.15) is 16.6 Å². The Morgan fingerprint density at radius 3 is 2.73 bits per heavy atom. The smallest absolute Gasteiger partial charge is 0.375 e. The average molecular weight is 445 g/mol. The van der Waals surface area contributed by atoms with Crippen molar-refractivity contribution < 1.29 is 18.3 Å². The van der Waals surface area contributed by atoms with E-state index >= 15 is 0 Å². The second kappa shape index (κ2) is 6.64. The van der Waals surface area contributed by atoms with E-state index in [4.69, 9.17) is 5.26 Å². The number of aromatic nitrogens is 3. The van der Waals surface area contributed by atoms with Gasteiger partial charge in [-0.05, 0) is 34.0 Å². The number of nitriles is 1. The average Bonchev–Trinajstić information content (AvgIpc) is 3.18. The third-order valence-corrected chi connectivity index (χ3v) is 6.23. The van der Waals surface area contributed by atoms with Crippen LogP contribution < -0.4 is 0 Å². The minimum absolute atomic E-state index is 0.192. The van der Waals surface area contributed by atoms with Gasteiger partial charge in [-0.15, -0.1) is 16.4 Å². The SMILES string of the molecule is CCC(O)(c1cn(Cc2ccc3c(Br)c(C#N)sc3c2)nn1)C(F)(F)F. The lowest BCUT2D eigenvalue weighted by atomic mass is 9.96. The summed E-state index contributed by atoms with van der Waals surface area (Å²) in [6.45, 7) is 1.43. The molecule has 1 atom stereocenters. The summed E-state index contributed by atoms with van der Waals surface area (Å²) in [5, 5.41) is 27.1. The van der Waals surface area contributed by atoms with Crippen LogP contribution in [0.25, 0.3) is 10.1 Å². The van der Waals surface area contributed by atoms with Gasteiger partial charge in [0.05, 0.1) is 17.2 Å². The molecule has 0 spiro atoms. The third kappa shape index (κ3) is 3.11. The summed E-state index contributed by atoms with van der Waals surface area (Å²) in [6, 6.07) is 7.59. The van der Waals surface area contributed by atoms with E-state index in [2.05, 4.69) is 32.3 Å². The molecule has 0 saturated heterocycles. The molecule has 0 bridgehead atoms. The van der Waals surface area contributed by atoms with E-state index in [9.17, 15) is 18.3 Å². The lowest BCUT2D eigenvalue weighted by molar-refractivity contribution is -0.269. The first kappa shape index (κ1) is 18.8. The largest absolute Gasteiger partial charge is 0.423 e. The highest BCUT2D eigenvalue weighted by Gasteiger charge is 2.55. The fraction of sp³-hybridized carbons (Fsp3) is 0.312. The van der Waals surface area contributed by atoms with E-state index in [1.165, 1.54) is 22.9 Å². The molecule has 2 aromatic heterocycles. The van der Waals surface area contributed by atoms with E-state index in [0.29, 0.717) is 4.88 Å². The fourth-order valence-electron chi connectivity index (χ4n) is 2.56. The van der Waals surface area contributed by atoms with Crippen molar-refractivity contribution in [1.29, 1.82) is 5.26 Å². The molecule has 1 unspecified atom stereocenters. The quantitative estimate of drug-likeness (QED) is 0.649.